The molecule has 1 saturated heterocycles. The van der Waals surface area contributed by atoms with Gasteiger partial charge in [0.05, 0.1) is 7.11 Å². The molecule has 138 valence electrons. The predicted octanol–water partition coefficient (Wildman–Crippen LogP) is 4.13. The van der Waals surface area contributed by atoms with Crippen LogP contribution in [0, 0.1) is 0 Å². The highest BCUT2D eigenvalue weighted by Gasteiger charge is 2.10. The van der Waals surface area contributed by atoms with Crippen molar-refractivity contribution in [3.63, 3.8) is 0 Å². The van der Waals surface area contributed by atoms with Crippen molar-refractivity contribution in [2.24, 2.45) is 0 Å². The van der Waals surface area contributed by atoms with Crippen molar-refractivity contribution in [3.8, 4) is 5.75 Å². The van der Waals surface area contributed by atoms with E-state index >= 15 is 0 Å². The number of ether oxygens (including phenoxy) is 1. The van der Waals surface area contributed by atoms with Crippen molar-refractivity contribution in [2.45, 2.75) is 25.7 Å². The Kier molecular flexibility index (Phi) is 6.36. The second-order valence-electron chi connectivity index (χ2n) is 6.55. The van der Waals surface area contributed by atoms with E-state index in [0.29, 0.717) is 13.0 Å². The molecule has 1 amide bonds. The van der Waals surface area contributed by atoms with Gasteiger partial charge in [-0.1, -0.05) is 0 Å². The summed E-state index contributed by atoms with van der Waals surface area (Å²) in [5.74, 6) is 0.769. The summed E-state index contributed by atoms with van der Waals surface area (Å²) < 4.78 is 5.11. The van der Waals surface area contributed by atoms with Gasteiger partial charge in [0.1, 0.15) is 5.75 Å². The Morgan fingerprint density at radius 1 is 0.962 bits per heavy atom. The highest BCUT2D eigenvalue weighted by Crippen LogP contribution is 2.21. The van der Waals surface area contributed by atoms with Gasteiger partial charge in [-0.3, -0.25) is 4.79 Å². The molecule has 1 aliphatic heterocycles. The van der Waals surface area contributed by atoms with E-state index in [1.807, 2.05) is 24.3 Å². The molecule has 1 fully saturated rings. The fraction of sp³-hybridized carbons (Fsp3) is 0.381. The van der Waals surface area contributed by atoms with Crippen LogP contribution >= 0.6 is 0 Å². The van der Waals surface area contributed by atoms with E-state index < -0.39 is 0 Å². The van der Waals surface area contributed by atoms with Crippen LogP contribution in [0.1, 0.15) is 25.7 Å². The number of nitrogens with one attached hydrogen (secondary N) is 2. The molecule has 26 heavy (non-hydrogen) atoms. The van der Waals surface area contributed by atoms with Gasteiger partial charge in [0.15, 0.2) is 0 Å². The quantitative estimate of drug-likeness (QED) is 0.786. The molecular weight excluding hydrogens is 326 g/mol. The lowest BCUT2D eigenvalue weighted by molar-refractivity contribution is -0.115. The van der Waals surface area contributed by atoms with Crippen LogP contribution in [0.5, 0.6) is 5.75 Å². The van der Waals surface area contributed by atoms with Crippen LogP contribution in [-0.4, -0.2) is 32.7 Å². The van der Waals surface area contributed by atoms with Gasteiger partial charge in [0.2, 0.25) is 5.91 Å². The second-order valence-corrected chi connectivity index (χ2v) is 6.55. The monoisotopic (exact) mass is 353 g/mol. The number of rotatable bonds is 7. The minimum absolute atomic E-state index is 0.00685. The van der Waals surface area contributed by atoms with Gasteiger partial charge >= 0.3 is 0 Å². The molecule has 5 heteroatoms. The van der Waals surface area contributed by atoms with Gasteiger partial charge in [-0.25, -0.2) is 0 Å². The Labute approximate surface area is 155 Å². The van der Waals surface area contributed by atoms with Gasteiger partial charge in [-0.05, 0) is 67.8 Å². The van der Waals surface area contributed by atoms with Crippen LogP contribution in [-0.2, 0) is 4.79 Å². The highest BCUT2D eigenvalue weighted by molar-refractivity contribution is 5.91. The maximum Gasteiger partial charge on any atom is 0.226 e. The maximum atomic E-state index is 12.0. The van der Waals surface area contributed by atoms with Crippen LogP contribution in [0.15, 0.2) is 48.5 Å². The van der Waals surface area contributed by atoms with E-state index in [9.17, 15) is 4.79 Å². The lowest BCUT2D eigenvalue weighted by Crippen LogP contribution is -2.29. The lowest BCUT2D eigenvalue weighted by Gasteiger charge is -2.28. The molecule has 0 aromatic heterocycles. The first-order valence-corrected chi connectivity index (χ1v) is 9.27. The van der Waals surface area contributed by atoms with Crippen LogP contribution in [0.4, 0.5) is 17.1 Å². The number of nitrogens with zero attached hydrogens (tertiary/aromatic N) is 1. The molecule has 0 aliphatic carbocycles. The first kappa shape index (κ1) is 18.1. The third-order valence-corrected chi connectivity index (χ3v) is 4.64. The van der Waals surface area contributed by atoms with Crippen molar-refractivity contribution in [1.29, 1.82) is 0 Å². The Morgan fingerprint density at radius 3 is 2.27 bits per heavy atom. The largest absolute Gasteiger partial charge is 0.497 e. The lowest BCUT2D eigenvalue weighted by atomic mass is 10.1. The third kappa shape index (κ3) is 5.15. The van der Waals surface area contributed by atoms with E-state index in [2.05, 4.69) is 39.8 Å². The average Bonchev–Trinajstić information content (AvgIpc) is 2.70. The fourth-order valence-corrected chi connectivity index (χ4v) is 3.16. The number of hydrogen-bond acceptors (Lipinski definition) is 4. The van der Waals surface area contributed by atoms with E-state index in [1.54, 1.807) is 7.11 Å². The van der Waals surface area contributed by atoms with E-state index in [1.165, 1.54) is 24.9 Å². The van der Waals surface area contributed by atoms with Gasteiger partial charge in [0.25, 0.3) is 0 Å². The number of piperidine rings is 1. The summed E-state index contributed by atoms with van der Waals surface area (Å²) in [7, 11) is 1.62. The Hall–Kier alpha value is -2.69. The molecule has 0 unspecified atom stereocenters. The minimum atomic E-state index is -0.00685. The highest BCUT2D eigenvalue weighted by atomic mass is 16.5. The Bertz CT molecular complexity index is 692. The van der Waals surface area contributed by atoms with Crippen LogP contribution in [0.25, 0.3) is 0 Å². The molecule has 0 atom stereocenters. The summed E-state index contributed by atoms with van der Waals surface area (Å²) in [5.41, 5.74) is 3.11. The maximum absolute atomic E-state index is 12.0. The molecule has 2 aromatic carbocycles. The van der Waals surface area contributed by atoms with Crippen LogP contribution in [0.2, 0.25) is 0 Å². The zero-order valence-corrected chi connectivity index (χ0v) is 15.3. The standard InChI is InChI=1S/C21H27N3O2/c1-26-20-11-7-18(8-12-20)23-21(25)13-14-22-17-5-9-19(10-6-17)24-15-3-2-4-16-24/h5-12,22H,2-4,13-16H2,1H3,(H,23,25). The smallest absolute Gasteiger partial charge is 0.226 e. The third-order valence-electron chi connectivity index (χ3n) is 4.64. The Balaban J connectivity index is 1.41. The van der Waals surface area contributed by atoms with Crippen molar-refractivity contribution in [3.05, 3.63) is 48.5 Å². The number of benzene rings is 2. The summed E-state index contributed by atoms with van der Waals surface area (Å²) in [6, 6.07) is 15.8. The molecule has 2 N–H and O–H groups in total. The van der Waals surface area contributed by atoms with Crippen LogP contribution < -0.4 is 20.3 Å². The summed E-state index contributed by atoms with van der Waals surface area (Å²) in [4.78, 5) is 14.5. The first-order valence-electron chi connectivity index (χ1n) is 9.27. The van der Waals surface area contributed by atoms with Crippen LogP contribution in [0.3, 0.4) is 0 Å². The summed E-state index contributed by atoms with van der Waals surface area (Å²) in [6.45, 7) is 2.90. The molecule has 0 bridgehead atoms. The average molecular weight is 353 g/mol. The van der Waals surface area contributed by atoms with Gasteiger partial charge in [-0.2, -0.15) is 0 Å². The zero-order valence-electron chi connectivity index (χ0n) is 15.3. The van der Waals surface area contributed by atoms with E-state index in [-0.39, 0.29) is 5.91 Å². The van der Waals surface area contributed by atoms with Crippen molar-refractivity contribution in [2.75, 3.05) is 42.3 Å². The number of carbonyl (C=O) groups excluding carboxylic acids is 1. The van der Waals surface area contributed by atoms with Crippen molar-refractivity contribution < 1.29 is 9.53 Å². The molecule has 2 aromatic rings. The molecular formula is C21H27N3O2. The summed E-state index contributed by atoms with van der Waals surface area (Å²) in [6.07, 6.45) is 4.32. The molecule has 0 spiro atoms. The normalized spacial score (nSPS) is 14.0. The topological polar surface area (TPSA) is 53.6 Å². The second kappa shape index (κ2) is 9.13. The number of carbonyl (C=O) groups is 1. The van der Waals surface area contributed by atoms with E-state index in [0.717, 1.165) is 30.2 Å². The number of hydrogen-bond donors (Lipinski definition) is 2. The molecule has 0 saturated carbocycles. The number of amides is 1. The fourth-order valence-electron chi connectivity index (χ4n) is 3.16. The molecule has 1 aliphatic rings. The SMILES string of the molecule is COc1ccc(NC(=O)CCNc2ccc(N3CCCCC3)cc2)cc1. The summed E-state index contributed by atoms with van der Waals surface area (Å²) >= 11 is 0. The van der Waals surface area contributed by atoms with Crippen molar-refractivity contribution >= 4 is 23.0 Å². The molecule has 3 rings (SSSR count). The number of anilines is 3. The minimum Gasteiger partial charge on any atom is -0.497 e. The first-order chi connectivity index (χ1) is 12.7. The molecule has 0 radical (unpaired) electrons. The van der Waals surface area contributed by atoms with Gasteiger partial charge < -0.3 is 20.3 Å². The van der Waals surface area contributed by atoms with Crippen molar-refractivity contribution in [1.82, 2.24) is 0 Å². The number of methoxy groups -OCH3 is 1. The van der Waals surface area contributed by atoms with Gasteiger partial charge in [0, 0.05) is 43.1 Å². The Morgan fingerprint density at radius 2 is 1.62 bits per heavy atom. The predicted molar refractivity (Wildman–Crippen MR) is 107 cm³/mol. The summed E-state index contributed by atoms with van der Waals surface area (Å²) in [5, 5.41) is 6.20. The molecule has 5 nitrogen and oxygen atoms in total. The van der Waals surface area contributed by atoms with Gasteiger partial charge in [-0.15, -0.1) is 0 Å². The molecule has 1 heterocycles. The zero-order chi connectivity index (χ0) is 18.2. The van der Waals surface area contributed by atoms with E-state index in [4.69, 9.17) is 4.74 Å².